The molecular weight excluding hydrogens is 258 g/mol. The zero-order valence-corrected chi connectivity index (χ0v) is 10.9. The molecule has 0 saturated carbocycles. The zero-order chi connectivity index (χ0) is 13.5. The minimum atomic E-state index is -0.936. The maximum absolute atomic E-state index is 11.4. The molecule has 1 N–H and O–H groups in total. The van der Waals surface area contributed by atoms with E-state index in [2.05, 4.69) is 10.1 Å². The van der Waals surface area contributed by atoms with Crippen LogP contribution < -0.4 is 10.1 Å². The largest absolute Gasteiger partial charge is 0.449 e. The fraction of sp³-hybridized carbons (Fsp3) is 0.333. The standard InChI is InChI=1S/C12H14ClNO4/c1-8(2)7-17-12(16)14-9-4-3-5-10(6-9)18-11(13)15/h3-6,8H,7H2,1-2H3,(H,14,16). The summed E-state index contributed by atoms with van der Waals surface area (Å²) in [6, 6.07) is 6.28. The predicted octanol–water partition coefficient (Wildman–Crippen LogP) is 3.63. The van der Waals surface area contributed by atoms with Gasteiger partial charge >= 0.3 is 11.5 Å². The molecule has 0 bridgehead atoms. The van der Waals surface area contributed by atoms with Gasteiger partial charge in [-0.3, -0.25) is 5.32 Å². The number of hydrogen-bond acceptors (Lipinski definition) is 4. The molecule has 0 radical (unpaired) electrons. The third-order valence-electron chi connectivity index (χ3n) is 1.83. The van der Waals surface area contributed by atoms with E-state index >= 15 is 0 Å². The number of halogens is 1. The van der Waals surface area contributed by atoms with Crippen molar-refractivity contribution in [2.24, 2.45) is 5.92 Å². The second-order valence-electron chi connectivity index (χ2n) is 3.98. The fourth-order valence-electron chi connectivity index (χ4n) is 1.13. The van der Waals surface area contributed by atoms with Crippen molar-refractivity contribution < 1.29 is 19.1 Å². The summed E-state index contributed by atoms with van der Waals surface area (Å²) < 4.78 is 9.61. The van der Waals surface area contributed by atoms with E-state index in [0.29, 0.717) is 12.3 Å². The van der Waals surface area contributed by atoms with E-state index in [-0.39, 0.29) is 11.7 Å². The van der Waals surface area contributed by atoms with Crippen LogP contribution in [0.5, 0.6) is 5.75 Å². The van der Waals surface area contributed by atoms with E-state index in [1.165, 1.54) is 6.07 Å². The summed E-state index contributed by atoms with van der Waals surface area (Å²) in [6.07, 6.45) is -0.557. The molecule has 0 aliphatic rings. The van der Waals surface area contributed by atoms with Gasteiger partial charge in [0.15, 0.2) is 0 Å². The molecule has 0 fully saturated rings. The van der Waals surface area contributed by atoms with E-state index < -0.39 is 11.5 Å². The molecule has 0 aliphatic carbocycles. The predicted molar refractivity (Wildman–Crippen MR) is 68.1 cm³/mol. The van der Waals surface area contributed by atoms with Gasteiger partial charge in [-0.05, 0) is 18.1 Å². The first kappa shape index (κ1) is 14.3. The number of anilines is 1. The van der Waals surface area contributed by atoms with Crippen molar-refractivity contribution in [1.82, 2.24) is 0 Å². The van der Waals surface area contributed by atoms with Crippen molar-refractivity contribution in [1.29, 1.82) is 0 Å². The van der Waals surface area contributed by atoms with Crippen LogP contribution in [0.25, 0.3) is 0 Å². The van der Waals surface area contributed by atoms with Crippen molar-refractivity contribution in [2.45, 2.75) is 13.8 Å². The number of carbonyl (C=O) groups is 2. The van der Waals surface area contributed by atoms with E-state index in [9.17, 15) is 9.59 Å². The van der Waals surface area contributed by atoms with Crippen LogP contribution >= 0.6 is 11.6 Å². The molecule has 6 heteroatoms. The number of ether oxygens (including phenoxy) is 2. The molecule has 0 aromatic heterocycles. The van der Waals surface area contributed by atoms with Gasteiger partial charge in [-0.1, -0.05) is 19.9 Å². The van der Waals surface area contributed by atoms with Crippen LogP contribution in [-0.2, 0) is 4.74 Å². The number of amides is 1. The number of rotatable bonds is 4. The molecule has 1 aromatic rings. The SMILES string of the molecule is CC(C)COC(=O)Nc1cccc(OC(=O)Cl)c1. The Labute approximate surface area is 110 Å². The molecule has 0 atom stereocenters. The van der Waals surface area contributed by atoms with E-state index in [1.807, 2.05) is 13.8 Å². The summed E-state index contributed by atoms with van der Waals surface area (Å²) in [4.78, 5) is 21.9. The summed E-state index contributed by atoms with van der Waals surface area (Å²) in [5, 5.41) is 2.52. The van der Waals surface area contributed by atoms with Gasteiger partial charge in [0.1, 0.15) is 5.75 Å². The van der Waals surface area contributed by atoms with Gasteiger partial charge in [0.2, 0.25) is 0 Å². The topological polar surface area (TPSA) is 64.6 Å². The molecule has 1 aromatic carbocycles. The van der Waals surface area contributed by atoms with E-state index in [4.69, 9.17) is 16.3 Å². The quantitative estimate of drug-likeness (QED) is 0.849. The average Bonchev–Trinajstić information content (AvgIpc) is 2.26. The molecule has 1 rings (SSSR count). The Morgan fingerprint density at radius 2 is 2.11 bits per heavy atom. The molecule has 0 aliphatic heterocycles. The van der Waals surface area contributed by atoms with E-state index in [1.54, 1.807) is 18.2 Å². The van der Waals surface area contributed by atoms with Crippen molar-refractivity contribution in [2.75, 3.05) is 11.9 Å². The Morgan fingerprint density at radius 1 is 1.39 bits per heavy atom. The average molecular weight is 272 g/mol. The molecule has 98 valence electrons. The summed E-state index contributed by atoms with van der Waals surface area (Å²) >= 11 is 5.08. The Morgan fingerprint density at radius 3 is 2.72 bits per heavy atom. The normalized spacial score (nSPS) is 10.0. The smallest absolute Gasteiger partial charge is 0.411 e. The molecule has 0 unspecified atom stereocenters. The Kier molecular flexibility index (Phi) is 5.45. The third-order valence-corrected chi connectivity index (χ3v) is 1.90. The number of nitrogens with one attached hydrogen (secondary N) is 1. The first-order chi connectivity index (χ1) is 8.47. The van der Waals surface area contributed by atoms with Crippen LogP contribution in [0.3, 0.4) is 0 Å². The number of hydrogen-bond donors (Lipinski definition) is 1. The maximum Gasteiger partial charge on any atom is 0.411 e. The molecule has 0 heterocycles. The monoisotopic (exact) mass is 271 g/mol. The minimum Gasteiger partial charge on any atom is -0.449 e. The molecule has 1 amide bonds. The lowest BCUT2D eigenvalue weighted by atomic mass is 10.2. The third kappa shape index (κ3) is 5.54. The van der Waals surface area contributed by atoms with Gasteiger partial charge in [0.25, 0.3) is 0 Å². The summed E-state index contributed by atoms with van der Waals surface area (Å²) in [6.45, 7) is 4.21. The van der Waals surface area contributed by atoms with Gasteiger partial charge in [-0.2, -0.15) is 0 Å². The van der Waals surface area contributed by atoms with Crippen LogP contribution in [0.4, 0.5) is 15.3 Å². The summed E-state index contributed by atoms with van der Waals surface area (Å²) in [7, 11) is 0. The molecule has 0 saturated heterocycles. The Balaban J connectivity index is 2.56. The zero-order valence-electron chi connectivity index (χ0n) is 10.1. The highest BCUT2D eigenvalue weighted by molar-refractivity contribution is 6.61. The fourth-order valence-corrected chi connectivity index (χ4v) is 1.22. The van der Waals surface area contributed by atoms with Crippen molar-refractivity contribution >= 4 is 28.8 Å². The summed E-state index contributed by atoms with van der Waals surface area (Å²) in [5.41, 5.74) is -0.478. The molecule has 0 spiro atoms. The lowest BCUT2D eigenvalue weighted by Gasteiger charge is -2.09. The van der Waals surface area contributed by atoms with Crippen molar-refractivity contribution in [3.05, 3.63) is 24.3 Å². The van der Waals surface area contributed by atoms with Crippen molar-refractivity contribution in [3.63, 3.8) is 0 Å². The highest BCUT2D eigenvalue weighted by atomic mass is 35.5. The van der Waals surface area contributed by atoms with Crippen LogP contribution in [0.1, 0.15) is 13.8 Å². The second kappa shape index (κ2) is 6.86. The Hall–Kier alpha value is -1.75. The molecule has 18 heavy (non-hydrogen) atoms. The van der Waals surface area contributed by atoms with Crippen molar-refractivity contribution in [3.8, 4) is 5.75 Å². The summed E-state index contributed by atoms with van der Waals surface area (Å²) in [5.74, 6) is 0.510. The minimum absolute atomic E-state index is 0.247. The first-order valence-corrected chi connectivity index (χ1v) is 5.76. The lowest BCUT2D eigenvalue weighted by molar-refractivity contribution is 0.147. The van der Waals surface area contributed by atoms with Crippen LogP contribution in [0.15, 0.2) is 24.3 Å². The highest BCUT2D eigenvalue weighted by Gasteiger charge is 2.06. The van der Waals surface area contributed by atoms with E-state index in [0.717, 1.165) is 0 Å². The first-order valence-electron chi connectivity index (χ1n) is 5.38. The lowest BCUT2D eigenvalue weighted by Crippen LogP contribution is -2.16. The van der Waals surface area contributed by atoms with Gasteiger partial charge < -0.3 is 9.47 Å². The molecule has 5 nitrogen and oxygen atoms in total. The van der Waals surface area contributed by atoms with Crippen LogP contribution in [-0.4, -0.2) is 18.1 Å². The van der Waals surface area contributed by atoms with Gasteiger partial charge in [0, 0.05) is 23.4 Å². The second-order valence-corrected chi connectivity index (χ2v) is 4.29. The highest BCUT2D eigenvalue weighted by Crippen LogP contribution is 2.18. The van der Waals surface area contributed by atoms with Gasteiger partial charge in [-0.25, -0.2) is 9.59 Å². The van der Waals surface area contributed by atoms with Gasteiger partial charge in [0.05, 0.1) is 6.61 Å². The van der Waals surface area contributed by atoms with Crippen LogP contribution in [0, 0.1) is 5.92 Å². The van der Waals surface area contributed by atoms with Crippen LogP contribution in [0.2, 0.25) is 0 Å². The number of benzene rings is 1. The number of carbonyl (C=O) groups excluding carboxylic acids is 2. The molecular formula is C12H14ClNO4. The Bertz CT molecular complexity index is 434. The van der Waals surface area contributed by atoms with Gasteiger partial charge in [-0.15, -0.1) is 0 Å². The maximum atomic E-state index is 11.4.